The highest BCUT2D eigenvalue weighted by Gasteiger charge is 2.27. The van der Waals surface area contributed by atoms with Crippen molar-refractivity contribution in [2.75, 3.05) is 12.3 Å². The summed E-state index contributed by atoms with van der Waals surface area (Å²) >= 11 is 0. The smallest absolute Gasteiger partial charge is 0.243 e. The lowest BCUT2D eigenvalue weighted by atomic mass is 10.1. The molecule has 0 fully saturated rings. The molecule has 0 aliphatic heterocycles. The third-order valence-electron chi connectivity index (χ3n) is 3.85. The van der Waals surface area contributed by atoms with Gasteiger partial charge in [0.15, 0.2) is 0 Å². The summed E-state index contributed by atoms with van der Waals surface area (Å²) in [4.78, 5) is 0.299. The Bertz CT molecular complexity index is 557. The van der Waals surface area contributed by atoms with E-state index >= 15 is 0 Å². The Hall–Kier alpha value is -1.07. The van der Waals surface area contributed by atoms with E-state index in [1.54, 1.807) is 16.4 Å². The van der Waals surface area contributed by atoms with Gasteiger partial charge >= 0.3 is 0 Å². The first-order valence-corrected chi connectivity index (χ1v) is 9.04. The van der Waals surface area contributed by atoms with Gasteiger partial charge in [-0.25, -0.2) is 8.42 Å². The normalized spacial score (nSPS) is 12.3. The molecular formula is C16H28N2O2S. The van der Waals surface area contributed by atoms with Gasteiger partial charge in [0.25, 0.3) is 0 Å². The Kier molecular flexibility index (Phi) is 6.23. The van der Waals surface area contributed by atoms with Crippen LogP contribution in [0, 0.1) is 13.8 Å². The Balaban J connectivity index is 3.17. The standard InChI is InChI=1S/C16H28N2O2S/c1-6-7-8-9-18(12(2)3)21(19,20)15-10-13(4)14(5)16(17)11-15/h10-12H,6-9,17H2,1-5H3. The van der Waals surface area contributed by atoms with Gasteiger partial charge in [-0.1, -0.05) is 19.8 Å². The topological polar surface area (TPSA) is 63.4 Å². The van der Waals surface area contributed by atoms with Crippen LogP contribution in [0.5, 0.6) is 0 Å². The van der Waals surface area contributed by atoms with Gasteiger partial charge in [-0.2, -0.15) is 4.31 Å². The number of unbranched alkanes of at least 4 members (excludes halogenated alkanes) is 2. The van der Waals surface area contributed by atoms with E-state index in [4.69, 9.17) is 5.73 Å². The molecule has 1 aromatic carbocycles. The molecule has 0 spiro atoms. The van der Waals surface area contributed by atoms with Crippen LogP contribution < -0.4 is 5.73 Å². The quantitative estimate of drug-likeness (QED) is 0.619. The van der Waals surface area contributed by atoms with Crippen LogP contribution in [0.25, 0.3) is 0 Å². The number of sulfonamides is 1. The van der Waals surface area contributed by atoms with E-state index in [1.165, 1.54) is 0 Å². The molecule has 2 N–H and O–H groups in total. The first kappa shape index (κ1) is 18.0. The summed E-state index contributed by atoms with van der Waals surface area (Å²) in [6.45, 7) is 10.3. The van der Waals surface area contributed by atoms with E-state index in [9.17, 15) is 8.42 Å². The molecule has 0 radical (unpaired) electrons. The summed E-state index contributed by atoms with van der Waals surface area (Å²) in [5, 5.41) is 0. The molecule has 5 heteroatoms. The van der Waals surface area contributed by atoms with Gasteiger partial charge in [-0.3, -0.25) is 0 Å². The molecule has 0 saturated carbocycles. The molecular weight excluding hydrogens is 284 g/mol. The van der Waals surface area contributed by atoms with Crippen molar-refractivity contribution in [2.45, 2.75) is 64.8 Å². The van der Waals surface area contributed by atoms with Crippen LogP contribution in [0.2, 0.25) is 0 Å². The molecule has 0 unspecified atom stereocenters. The zero-order chi connectivity index (χ0) is 16.2. The highest BCUT2D eigenvalue weighted by Crippen LogP contribution is 2.25. The van der Waals surface area contributed by atoms with Gasteiger partial charge < -0.3 is 5.73 Å². The molecule has 0 saturated heterocycles. The first-order valence-electron chi connectivity index (χ1n) is 7.60. The number of anilines is 1. The predicted octanol–water partition coefficient (Wildman–Crippen LogP) is 3.47. The van der Waals surface area contributed by atoms with Crippen molar-refractivity contribution in [2.24, 2.45) is 0 Å². The highest BCUT2D eigenvalue weighted by molar-refractivity contribution is 7.89. The molecule has 21 heavy (non-hydrogen) atoms. The monoisotopic (exact) mass is 312 g/mol. The number of benzene rings is 1. The van der Waals surface area contributed by atoms with E-state index in [-0.39, 0.29) is 6.04 Å². The van der Waals surface area contributed by atoms with E-state index in [2.05, 4.69) is 6.92 Å². The van der Waals surface area contributed by atoms with Crippen LogP contribution in [0.3, 0.4) is 0 Å². The molecule has 0 atom stereocenters. The van der Waals surface area contributed by atoms with Crippen LogP contribution in [-0.4, -0.2) is 25.3 Å². The maximum absolute atomic E-state index is 12.9. The minimum Gasteiger partial charge on any atom is -0.398 e. The molecule has 0 amide bonds. The first-order chi connectivity index (χ1) is 9.71. The average molecular weight is 312 g/mol. The van der Waals surface area contributed by atoms with E-state index in [0.29, 0.717) is 17.1 Å². The molecule has 1 aromatic rings. The number of nitrogen functional groups attached to an aromatic ring is 1. The van der Waals surface area contributed by atoms with E-state index in [1.807, 2.05) is 27.7 Å². The number of aryl methyl sites for hydroxylation is 1. The number of rotatable bonds is 7. The average Bonchev–Trinajstić information content (AvgIpc) is 2.39. The Morgan fingerprint density at radius 1 is 1.19 bits per heavy atom. The second-order valence-corrected chi connectivity index (χ2v) is 7.76. The van der Waals surface area contributed by atoms with Crippen molar-refractivity contribution in [3.8, 4) is 0 Å². The minimum atomic E-state index is -3.49. The lowest BCUT2D eigenvalue weighted by Gasteiger charge is -2.26. The van der Waals surface area contributed by atoms with Gasteiger partial charge in [0, 0.05) is 18.3 Å². The molecule has 4 nitrogen and oxygen atoms in total. The summed E-state index contributed by atoms with van der Waals surface area (Å²) in [6, 6.07) is 3.23. The van der Waals surface area contributed by atoms with Crippen LogP contribution in [0.15, 0.2) is 17.0 Å². The van der Waals surface area contributed by atoms with Crippen molar-refractivity contribution in [1.82, 2.24) is 4.31 Å². The lowest BCUT2D eigenvalue weighted by molar-refractivity contribution is 0.345. The Morgan fingerprint density at radius 2 is 1.81 bits per heavy atom. The van der Waals surface area contributed by atoms with Crippen LogP contribution in [-0.2, 0) is 10.0 Å². The summed E-state index contributed by atoms with van der Waals surface area (Å²) in [5.41, 5.74) is 8.32. The molecule has 0 heterocycles. The second-order valence-electron chi connectivity index (χ2n) is 5.87. The van der Waals surface area contributed by atoms with Gasteiger partial charge in [0.05, 0.1) is 4.90 Å². The van der Waals surface area contributed by atoms with E-state index < -0.39 is 10.0 Å². The van der Waals surface area contributed by atoms with Gasteiger partial charge in [0.1, 0.15) is 0 Å². The second kappa shape index (κ2) is 7.27. The summed E-state index contributed by atoms with van der Waals surface area (Å²) in [5.74, 6) is 0. The summed E-state index contributed by atoms with van der Waals surface area (Å²) in [6.07, 6.45) is 2.99. The largest absolute Gasteiger partial charge is 0.398 e. The number of nitrogens with two attached hydrogens (primary N) is 1. The fourth-order valence-electron chi connectivity index (χ4n) is 2.31. The van der Waals surface area contributed by atoms with Crippen LogP contribution in [0.4, 0.5) is 5.69 Å². The van der Waals surface area contributed by atoms with Gasteiger partial charge in [-0.15, -0.1) is 0 Å². The SMILES string of the molecule is CCCCCN(C(C)C)S(=O)(=O)c1cc(C)c(C)c(N)c1. The van der Waals surface area contributed by atoms with Crippen LogP contribution >= 0.6 is 0 Å². The maximum atomic E-state index is 12.9. The fraction of sp³-hybridized carbons (Fsp3) is 0.625. The van der Waals surface area contributed by atoms with Crippen molar-refractivity contribution >= 4 is 15.7 Å². The van der Waals surface area contributed by atoms with Crippen LogP contribution in [0.1, 0.15) is 51.2 Å². The lowest BCUT2D eigenvalue weighted by Crippen LogP contribution is -2.37. The summed E-state index contributed by atoms with van der Waals surface area (Å²) < 4.78 is 27.3. The minimum absolute atomic E-state index is 0.0605. The maximum Gasteiger partial charge on any atom is 0.243 e. The van der Waals surface area contributed by atoms with Crippen molar-refractivity contribution < 1.29 is 8.42 Å². The number of nitrogens with zero attached hydrogens (tertiary/aromatic N) is 1. The predicted molar refractivity (Wildman–Crippen MR) is 88.9 cm³/mol. The molecule has 0 bridgehead atoms. The number of hydrogen-bond donors (Lipinski definition) is 1. The molecule has 0 aliphatic rings. The molecule has 0 aromatic heterocycles. The van der Waals surface area contributed by atoms with Crippen molar-refractivity contribution in [1.29, 1.82) is 0 Å². The highest BCUT2D eigenvalue weighted by atomic mass is 32.2. The summed E-state index contributed by atoms with van der Waals surface area (Å²) in [7, 11) is -3.49. The van der Waals surface area contributed by atoms with E-state index in [0.717, 1.165) is 30.4 Å². The molecule has 120 valence electrons. The third-order valence-corrected chi connectivity index (χ3v) is 5.90. The Labute approximate surface area is 129 Å². The van der Waals surface area contributed by atoms with Gasteiger partial charge in [0.2, 0.25) is 10.0 Å². The molecule has 1 rings (SSSR count). The molecule has 0 aliphatic carbocycles. The third kappa shape index (κ3) is 4.20. The number of hydrogen-bond acceptors (Lipinski definition) is 3. The Morgan fingerprint density at radius 3 is 2.29 bits per heavy atom. The van der Waals surface area contributed by atoms with Crippen molar-refractivity contribution in [3.63, 3.8) is 0 Å². The van der Waals surface area contributed by atoms with Crippen molar-refractivity contribution in [3.05, 3.63) is 23.3 Å². The zero-order valence-corrected chi connectivity index (χ0v) is 14.6. The zero-order valence-electron chi connectivity index (χ0n) is 13.8. The van der Waals surface area contributed by atoms with Gasteiger partial charge in [-0.05, 0) is 57.4 Å². The fourth-order valence-corrected chi connectivity index (χ4v) is 4.11.